The van der Waals surface area contributed by atoms with Gasteiger partial charge in [-0.15, -0.1) is 0 Å². The van der Waals surface area contributed by atoms with E-state index in [0.717, 1.165) is 24.2 Å². The van der Waals surface area contributed by atoms with E-state index < -0.39 is 0 Å². The number of hydrogen-bond donors (Lipinski definition) is 0. The van der Waals surface area contributed by atoms with Crippen LogP contribution in [0.3, 0.4) is 0 Å². The Balaban J connectivity index is 1.35. The molecule has 8 aromatic rings. The number of nitrogens with zero attached hydrogens (tertiary/aromatic N) is 2. The molecule has 0 bridgehead atoms. The quantitative estimate of drug-likeness (QED) is 0.205. The molecular weight excluding hydrogens is 520 g/mol. The number of aromatic nitrogens is 1. The average molecular weight is 547 g/mol. The van der Waals surface area contributed by atoms with Crippen molar-refractivity contribution in [3.63, 3.8) is 0 Å². The number of benzene rings is 7. The molecule has 0 atom stereocenters. The first-order valence-electron chi connectivity index (χ1n) is 15.1. The lowest BCUT2D eigenvalue weighted by Gasteiger charge is -2.16. The maximum absolute atomic E-state index is 5.14. The van der Waals surface area contributed by atoms with E-state index in [2.05, 4.69) is 138 Å². The summed E-state index contributed by atoms with van der Waals surface area (Å²) in [5, 5.41) is 7.78. The van der Waals surface area contributed by atoms with Crippen LogP contribution < -0.4 is 0 Å². The molecule has 0 spiro atoms. The molecule has 1 aromatic heterocycles. The highest BCUT2D eigenvalue weighted by Gasteiger charge is 2.27. The molecule has 43 heavy (non-hydrogen) atoms. The summed E-state index contributed by atoms with van der Waals surface area (Å²) in [6.07, 6.45) is 1.79. The lowest BCUT2D eigenvalue weighted by molar-refractivity contribution is 1.12. The van der Waals surface area contributed by atoms with Gasteiger partial charge in [-0.3, -0.25) is 4.99 Å². The lowest BCUT2D eigenvalue weighted by atomic mass is 9.96. The third-order valence-corrected chi connectivity index (χ3v) is 9.63. The van der Waals surface area contributed by atoms with E-state index >= 15 is 0 Å². The van der Waals surface area contributed by atoms with E-state index in [4.69, 9.17) is 4.99 Å². The van der Waals surface area contributed by atoms with Crippen LogP contribution in [0.1, 0.15) is 22.3 Å². The highest BCUT2D eigenvalue weighted by molar-refractivity contribution is 6.28. The molecule has 1 aliphatic heterocycles. The first-order valence-corrected chi connectivity index (χ1v) is 15.1. The number of fused-ring (bicyclic) bond motifs is 11. The molecule has 0 saturated heterocycles. The van der Waals surface area contributed by atoms with Gasteiger partial charge in [-0.25, -0.2) is 0 Å². The average Bonchev–Trinajstić information content (AvgIpc) is 3.76. The van der Waals surface area contributed by atoms with E-state index in [0.29, 0.717) is 0 Å². The van der Waals surface area contributed by atoms with Crippen molar-refractivity contribution in [3.05, 3.63) is 156 Å². The standard InChI is InChI=1S/C41H26N2/c1-6-14-31-25(9-1)17-19-37-40(31)41-32-15-7-2-10-26(32)18-20-38(41)43(37)39-24-29(36-23-28-12-4-8-16-35(28)42-36)22-33-30-13-5-3-11-27(30)21-34(33)39/h1-20,22,24H,21,23H2. The van der Waals surface area contributed by atoms with Crippen molar-refractivity contribution in [1.29, 1.82) is 0 Å². The summed E-state index contributed by atoms with van der Waals surface area (Å²) in [5.74, 6) is 0. The van der Waals surface area contributed by atoms with Crippen LogP contribution in [0, 0.1) is 0 Å². The Morgan fingerprint density at radius 1 is 0.512 bits per heavy atom. The normalized spacial score (nSPS) is 13.5. The van der Waals surface area contributed by atoms with Gasteiger partial charge in [-0.05, 0) is 85.3 Å². The largest absolute Gasteiger partial charge is 0.309 e. The minimum absolute atomic E-state index is 0.860. The van der Waals surface area contributed by atoms with Gasteiger partial charge < -0.3 is 4.57 Å². The van der Waals surface area contributed by atoms with Crippen molar-refractivity contribution in [3.8, 4) is 16.8 Å². The highest BCUT2D eigenvalue weighted by Crippen LogP contribution is 2.46. The SMILES string of the molecule is c1ccc2c(c1)CC(c1cc3c(c(-n4c5ccc6ccccc6c5c5c6ccccc6ccc54)c1)Cc1ccccc1-3)=N2. The first kappa shape index (κ1) is 23.1. The molecule has 10 rings (SSSR count). The van der Waals surface area contributed by atoms with Crippen LogP contribution >= 0.6 is 0 Å². The Hall–Kier alpha value is -5.47. The predicted octanol–water partition coefficient (Wildman–Crippen LogP) is 10.3. The molecule has 200 valence electrons. The molecule has 0 fully saturated rings. The fourth-order valence-corrected chi connectivity index (χ4v) is 7.69. The van der Waals surface area contributed by atoms with Crippen molar-refractivity contribution < 1.29 is 0 Å². The topological polar surface area (TPSA) is 17.3 Å². The van der Waals surface area contributed by atoms with Gasteiger partial charge in [-0.1, -0.05) is 103 Å². The van der Waals surface area contributed by atoms with Crippen LogP contribution in [-0.4, -0.2) is 10.3 Å². The second kappa shape index (κ2) is 8.53. The van der Waals surface area contributed by atoms with Crippen LogP contribution in [-0.2, 0) is 12.8 Å². The van der Waals surface area contributed by atoms with E-state index in [1.54, 1.807) is 0 Å². The van der Waals surface area contributed by atoms with Crippen LogP contribution in [0.5, 0.6) is 0 Å². The molecule has 0 radical (unpaired) electrons. The van der Waals surface area contributed by atoms with E-state index in [-0.39, 0.29) is 0 Å². The number of aliphatic imine (C=N–C) groups is 1. The summed E-state index contributed by atoms with van der Waals surface area (Å²) in [4.78, 5) is 5.14. The zero-order valence-electron chi connectivity index (χ0n) is 23.5. The van der Waals surface area contributed by atoms with Gasteiger partial charge in [0, 0.05) is 23.6 Å². The molecule has 0 N–H and O–H groups in total. The lowest BCUT2D eigenvalue weighted by Crippen LogP contribution is -2.06. The molecule has 0 amide bonds. The third kappa shape index (κ3) is 3.21. The van der Waals surface area contributed by atoms with Crippen LogP contribution in [0.25, 0.3) is 60.2 Å². The van der Waals surface area contributed by atoms with E-state index in [9.17, 15) is 0 Å². The van der Waals surface area contributed by atoms with Crippen LogP contribution in [0.2, 0.25) is 0 Å². The monoisotopic (exact) mass is 546 g/mol. The van der Waals surface area contributed by atoms with Crippen molar-refractivity contribution in [2.45, 2.75) is 12.8 Å². The van der Waals surface area contributed by atoms with Crippen LogP contribution in [0.15, 0.2) is 138 Å². The molecule has 2 heterocycles. The summed E-state index contributed by atoms with van der Waals surface area (Å²) >= 11 is 0. The van der Waals surface area contributed by atoms with Gasteiger partial charge in [0.1, 0.15) is 0 Å². The minimum atomic E-state index is 0.860. The van der Waals surface area contributed by atoms with Gasteiger partial charge in [0.25, 0.3) is 0 Å². The molecule has 2 aliphatic rings. The Morgan fingerprint density at radius 3 is 1.86 bits per heavy atom. The molecule has 0 unspecified atom stereocenters. The van der Waals surface area contributed by atoms with Gasteiger partial charge >= 0.3 is 0 Å². The maximum atomic E-state index is 5.14. The number of para-hydroxylation sites is 1. The second-order valence-electron chi connectivity index (χ2n) is 11.9. The maximum Gasteiger partial charge on any atom is 0.0669 e. The Morgan fingerprint density at radius 2 is 1.14 bits per heavy atom. The van der Waals surface area contributed by atoms with Gasteiger partial charge in [0.15, 0.2) is 0 Å². The second-order valence-corrected chi connectivity index (χ2v) is 11.9. The number of hydrogen-bond acceptors (Lipinski definition) is 1. The summed E-state index contributed by atoms with van der Waals surface area (Å²) in [7, 11) is 0. The van der Waals surface area contributed by atoms with Crippen molar-refractivity contribution in [2.24, 2.45) is 4.99 Å². The predicted molar refractivity (Wildman–Crippen MR) is 180 cm³/mol. The summed E-state index contributed by atoms with van der Waals surface area (Å²) in [6.45, 7) is 0. The summed E-state index contributed by atoms with van der Waals surface area (Å²) < 4.78 is 2.54. The van der Waals surface area contributed by atoms with E-state index in [1.807, 2.05) is 0 Å². The molecule has 2 nitrogen and oxygen atoms in total. The van der Waals surface area contributed by atoms with Gasteiger partial charge in [0.2, 0.25) is 0 Å². The van der Waals surface area contributed by atoms with E-state index in [1.165, 1.54) is 82.4 Å². The molecule has 2 heteroatoms. The van der Waals surface area contributed by atoms with Crippen LogP contribution in [0.4, 0.5) is 5.69 Å². The highest BCUT2D eigenvalue weighted by atomic mass is 15.0. The molecular formula is C41H26N2. The zero-order valence-corrected chi connectivity index (χ0v) is 23.5. The number of rotatable bonds is 2. The van der Waals surface area contributed by atoms with Crippen molar-refractivity contribution >= 4 is 54.7 Å². The van der Waals surface area contributed by atoms with Crippen molar-refractivity contribution in [1.82, 2.24) is 4.57 Å². The summed E-state index contributed by atoms with van der Waals surface area (Å²) in [6, 6.07) is 49.1. The smallest absolute Gasteiger partial charge is 0.0669 e. The molecule has 0 saturated carbocycles. The van der Waals surface area contributed by atoms with Crippen molar-refractivity contribution in [2.75, 3.05) is 0 Å². The zero-order chi connectivity index (χ0) is 28.1. The Kier molecular flexibility index (Phi) is 4.59. The fraction of sp³-hybridized carbons (Fsp3) is 0.0488. The summed E-state index contributed by atoms with van der Waals surface area (Å²) in [5.41, 5.74) is 14.0. The molecule has 7 aromatic carbocycles. The van der Waals surface area contributed by atoms with Gasteiger partial charge in [-0.2, -0.15) is 0 Å². The van der Waals surface area contributed by atoms with Gasteiger partial charge in [0.05, 0.1) is 28.1 Å². The Labute approximate surface area is 249 Å². The minimum Gasteiger partial charge on any atom is -0.309 e. The third-order valence-electron chi connectivity index (χ3n) is 9.63. The molecule has 1 aliphatic carbocycles. The first-order chi connectivity index (χ1) is 21.3. The Bertz CT molecular complexity index is 2420. The fourth-order valence-electron chi connectivity index (χ4n) is 7.69.